The van der Waals surface area contributed by atoms with E-state index in [1.165, 1.54) is 15.9 Å². The number of nitriles is 1. The molecule has 0 saturated carbocycles. The fourth-order valence-corrected chi connectivity index (χ4v) is 4.43. The fourth-order valence-electron chi connectivity index (χ4n) is 3.36. The molecule has 0 unspecified atom stereocenters. The van der Waals surface area contributed by atoms with Gasteiger partial charge < -0.3 is 4.57 Å². The Balaban J connectivity index is 1.84. The summed E-state index contributed by atoms with van der Waals surface area (Å²) < 4.78 is 3.53. The van der Waals surface area contributed by atoms with Gasteiger partial charge in [0, 0.05) is 22.7 Å². The number of fused-ring (bicyclic) bond motifs is 2. The number of halogens is 1. The second kappa shape index (κ2) is 6.34. The third-order valence-electron chi connectivity index (χ3n) is 4.64. The van der Waals surface area contributed by atoms with Crippen LogP contribution in [-0.4, -0.2) is 14.1 Å². The maximum absolute atomic E-state index is 12.8. The summed E-state index contributed by atoms with van der Waals surface area (Å²) in [5.41, 5.74) is 3.05. The Morgan fingerprint density at radius 1 is 1.07 bits per heavy atom. The van der Waals surface area contributed by atoms with Crippen molar-refractivity contribution in [2.45, 2.75) is 0 Å². The lowest BCUT2D eigenvalue weighted by molar-refractivity contribution is 1.02. The smallest absolute Gasteiger partial charge is 0.293 e. The number of benzene rings is 2. The summed E-state index contributed by atoms with van der Waals surface area (Å²) in [5, 5.41) is 12.1. The van der Waals surface area contributed by atoms with Gasteiger partial charge in [0.1, 0.15) is 16.4 Å². The summed E-state index contributed by atoms with van der Waals surface area (Å²) in [6.07, 6.45) is 1.99. The predicted octanol–water partition coefficient (Wildman–Crippen LogP) is 4.92. The Morgan fingerprint density at radius 3 is 2.68 bits per heavy atom. The lowest BCUT2D eigenvalue weighted by Crippen LogP contribution is -2.20. The Labute approximate surface area is 168 Å². The number of hydrogen-bond acceptors (Lipinski definition) is 4. The highest BCUT2D eigenvalue weighted by atomic mass is 35.5. The Kier molecular flexibility index (Phi) is 3.79. The van der Waals surface area contributed by atoms with Gasteiger partial charge >= 0.3 is 0 Å². The molecule has 0 bridgehead atoms. The summed E-state index contributed by atoms with van der Waals surface area (Å²) >= 11 is 7.39. The Hall–Kier alpha value is -3.40. The van der Waals surface area contributed by atoms with Gasteiger partial charge in [-0.1, -0.05) is 35.9 Å². The largest absolute Gasteiger partial charge is 0.316 e. The first-order valence-electron chi connectivity index (χ1n) is 8.44. The number of hydrogen-bond donors (Lipinski definition) is 0. The molecule has 0 saturated heterocycles. The Morgan fingerprint density at radius 2 is 1.89 bits per heavy atom. The molecule has 28 heavy (non-hydrogen) atoms. The molecule has 0 aliphatic rings. The highest BCUT2D eigenvalue weighted by molar-refractivity contribution is 7.17. The molecule has 0 radical (unpaired) electrons. The number of rotatable bonds is 2. The van der Waals surface area contributed by atoms with E-state index < -0.39 is 5.56 Å². The SMILES string of the molecule is N#Cc1csc2nc(Cl)c(=O)n(-c3ccc4ccn(-c5ccccc5)c4c3)c12. The van der Waals surface area contributed by atoms with Crippen molar-refractivity contribution in [2.24, 2.45) is 0 Å². The van der Waals surface area contributed by atoms with Crippen LogP contribution in [0.3, 0.4) is 0 Å². The molecule has 3 aromatic heterocycles. The molecular weight excluding hydrogens is 392 g/mol. The molecule has 0 spiro atoms. The average Bonchev–Trinajstić information content (AvgIpc) is 3.33. The molecular formula is C21H11ClN4OS. The van der Waals surface area contributed by atoms with Gasteiger partial charge in [-0.25, -0.2) is 4.98 Å². The predicted molar refractivity (Wildman–Crippen MR) is 112 cm³/mol. The first kappa shape index (κ1) is 16.8. The molecule has 5 nitrogen and oxygen atoms in total. The molecule has 3 heterocycles. The van der Waals surface area contributed by atoms with Crippen LogP contribution in [0, 0.1) is 11.3 Å². The van der Waals surface area contributed by atoms with Crippen molar-refractivity contribution in [3.63, 3.8) is 0 Å². The van der Waals surface area contributed by atoms with Crippen LogP contribution in [0.2, 0.25) is 5.15 Å². The normalized spacial score (nSPS) is 11.1. The third kappa shape index (κ3) is 2.45. The van der Waals surface area contributed by atoms with Crippen molar-refractivity contribution in [2.75, 3.05) is 0 Å². The van der Waals surface area contributed by atoms with E-state index in [1.54, 1.807) is 5.38 Å². The molecule has 0 aliphatic heterocycles. The first-order chi connectivity index (χ1) is 13.7. The molecule has 0 aliphatic carbocycles. The van der Waals surface area contributed by atoms with Crippen LogP contribution in [0.5, 0.6) is 0 Å². The van der Waals surface area contributed by atoms with Crippen molar-refractivity contribution in [3.8, 4) is 17.4 Å². The molecule has 134 valence electrons. The van der Waals surface area contributed by atoms with Crippen LogP contribution in [0.25, 0.3) is 32.6 Å². The van der Waals surface area contributed by atoms with E-state index >= 15 is 0 Å². The van der Waals surface area contributed by atoms with Crippen molar-refractivity contribution in [1.82, 2.24) is 14.1 Å². The van der Waals surface area contributed by atoms with Crippen LogP contribution in [0.1, 0.15) is 5.56 Å². The second-order valence-electron chi connectivity index (χ2n) is 6.22. The molecule has 7 heteroatoms. The second-order valence-corrected chi connectivity index (χ2v) is 7.44. The van der Waals surface area contributed by atoms with E-state index in [4.69, 9.17) is 11.6 Å². The van der Waals surface area contributed by atoms with Gasteiger partial charge in [0.15, 0.2) is 5.15 Å². The van der Waals surface area contributed by atoms with Gasteiger partial charge in [-0.2, -0.15) is 5.26 Å². The zero-order chi connectivity index (χ0) is 19.3. The van der Waals surface area contributed by atoms with Crippen molar-refractivity contribution in [1.29, 1.82) is 5.26 Å². The monoisotopic (exact) mass is 402 g/mol. The zero-order valence-electron chi connectivity index (χ0n) is 14.3. The summed E-state index contributed by atoms with van der Waals surface area (Å²) in [6.45, 7) is 0. The topological polar surface area (TPSA) is 63.6 Å². The van der Waals surface area contributed by atoms with Gasteiger partial charge in [-0.05, 0) is 30.3 Å². The van der Waals surface area contributed by atoms with Crippen molar-refractivity contribution in [3.05, 3.63) is 87.2 Å². The van der Waals surface area contributed by atoms with Crippen LogP contribution in [-0.2, 0) is 0 Å². The maximum atomic E-state index is 12.8. The Bertz CT molecular complexity index is 1460. The first-order valence-corrected chi connectivity index (χ1v) is 9.70. The zero-order valence-corrected chi connectivity index (χ0v) is 15.9. The summed E-state index contributed by atoms with van der Waals surface area (Å²) in [6, 6.07) is 19.9. The maximum Gasteiger partial charge on any atom is 0.293 e. The highest BCUT2D eigenvalue weighted by Crippen LogP contribution is 2.28. The van der Waals surface area contributed by atoms with Crippen LogP contribution < -0.4 is 5.56 Å². The molecule has 0 N–H and O–H groups in total. The van der Waals surface area contributed by atoms with E-state index in [-0.39, 0.29) is 5.15 Å². The van der Waals surface area contributed by atoms with Crippen LogP contribution >= 0.6 is 22.9 Å². The molecule has 5 aromatic rings. The van der Waals surface area contributed by atoms with E-state index in [0.29, 0.717) is 21.6 Å². The molecule has 0 fully saturated rings. The average molecular weight is 403 g/mol. The number of para-hydroxylation sites is 1. The summed E-state index contributed by atoms with van der Waals surface area (Å²) in [5.74, 6) is 0. The van der Waals surface area contributed by atoms with E-state index in [2.05, 4.69) is 15.6 Å². The van der Waals surface area contributed by atoms with Gasteiger partial charge in [0.25, 0.3) is 5.56 Å². The number of nitrogens with zero attached hydrogens (tertiary/aromatic N) is 4. The van der Waals surface area contributed by atoms with Gasteiger partial charge in [-0.3, -0.25) is 9.36 Å². The number of thiophene rings is 1. The fraction of sp³-hybridized carbons (Fsp3) is 0. The molecule has 0 atom stereocenters. The molecule has 0 amide bonds. The standard InChI is InChI=1S/C21H11ClN4OS/c22-19-21(27)26(18-14(11-23)12-28-20(18)24-19)16-7-6-13-8-9-25(17(13)10-16)15-4-2-1-3-5-15/h1-10,12H. The van der Waals surface area contributed by atoms with Crippen molar-refractivity contribution >= 4 is 44.2 Å². The van der Waals surface area contributed by atoms with Gasteiger partial charge in [-0.15, -0.1) is 11.3 Å². The van der Waals surface area contributed by atoms with E-state index in [0.717, 1.165) is 16.6 Å². The summed E-state index contributed by atoms with van der Waals surface area (Å²) in [7, 11) is 0. The minimum atomic E-state index is -0.443. The van der Waals surface area contributed by atoms with Gasteiger partial charge in [0.2, 0.25) is 0 Å². The lowest BCUT2D eigenvalue weighted by Gasteiger charge is -2.11. The molecule has 2 aromatic carbocycles. The van der Waals surface area contributed by atoms with E-state index in [1.807, 2.05) is 60.8 Å². The number of aromatic nitrogens is 3. The lowest BCUT2D eigenvalue weighted by atomic mass is 10.2. The quantitative estimate of drug-likeness (QED) is 0.421. The highest BCUT2D eigenvalue weighted by Gasteiger charge is 2.17. The van der Waals surface area contributed by atoms with Crippen LogP contribution in [0.15, 0.2) is 71.0 Å². The minimum absolute atomic E-state index is 0.114. The summed E-state index contributed by atoms with van der Waals surface area (Å²) in [4.78, 5) is 17.5. The van der Waals surface area contributed by atoms with Crippen LogP contribution in [0.4, 0.5) is 0 Å². The van der Waals surface area contributed by atoms with Gasteiger partial charge in [0.05, 0.1) is 16.8 Å². The minimum Gasteiger partial charge on any atom is -0.316 e. The molecule has 5 rings (SSSR count). The van der Waals surface area contributed by atoms with E-state index in [9.17, 15) is 10.1 Å². The van der Waals surface area contributed by atoms with Crippen molar-refractivity contribution < 1.29 is 0 Å². The third-order valence-corrected chi connectivity index (χ3v) is 5.75.